The summed E-state index contributed by atoms with van der Waals surface area (Å²) >= 11 is 0. The number of rotatable bonds is 1. The molecule has 2 heterocycles. The summed E-state index contributed by atoms with van der Waals surface area (Å²) < 4.78 is 0. The van der Waals surface area contributed by atoms with Crippen molar-refractivity contribution in [1.82, 2.24) is 15.5 Å². The van der Waals surface area contributed by atoms with Crippen LogP contribution in [0.25, 0.3) is 0 Å². The van der Waals surface area contributed by atoms with Gasteiger partial charge in [-0.2, -0.15) is 5.10 Å². The van der Waals surface area contributed by atoms with E-state index < -0.39 is 5.60 Å². The van der Waals surface area contributed by atoms with Crippen LogP contribution in [0.3, 0.4) is 0 Å². The SMILES string of the molecule is OC1(c2ccn[nH]2)CCNCC1. The Hall–Kier alpha value is -0.870. The van der Waals surface area contributed by atoms with Gasteiger partial charge in [0, 0.05) is 6.20 Å². The van der Waals surface area contributed by atoms with E-state index in [1.807, 2.05) is 6.07 Å². The first-order valence-corrected chi connectivity index (χ1v) is 4.24. The number of aliphatic hydroxyl groups is 1. The maximum Gasteiger partial charge on any atom is 0.108 e. The molecule has 0 amide bonds. The second-order valence-electron chi connectivity index (χ2n) is 3.25. The van der Waals surface area contributed by atoms with Gasteiger partial charge in [0.25, 0.3) is 0 Å². The van der Waals surface area contributed by atoms with Crippen molar-refractivity contribution >= 4 is 0 Å². The molecule has 1 saturated heterocycles. The average molecular weight is 167 g/mol. The van der Waals surface area contributed by atoms with Crippen molar-refractivity contribution < 1.29 is 5.11 Å². The number of nitrogens with zero attached hydrogens (tertiary/aromatic N) is 1. The van der Waals surface area contributed by atoms with Crippen molar-refractivity contribution in [3.63, 3.8) is 0 Å². The number of H-pyrrole nitrogens is 1. The average Bonchev–Trinajstić information content (AvgIpc) is 2.58. The minimum absolute atomic E-state index is 0.679. The van der Waals surface area contributed by atoms with Gasteiger partial charge in [-0.1, -0.05) is 0 Å². The highest BCUT2D eigenvalue weighted by Gasteiger charge is 2.32. The van der Waals surface area contributed by atoms with E-state index in [2.05, 4.69) is 15.5 Å². The van der Waals surface area contributed by atoms with Gasteiger partial charge in [-0.05, 0) is 32.0 Å². The van der Waals surface area contributed by atoms with Crippen molar-refractivity contribution in [2.24, 2.45) is 0 Å². The Labute approximate surface area is 71.0 Å². The van der Waals surface area contributed by atoms with Gasteiger partial charge >= 0.3 is 0 Å². The van der Waals surface area contributed by atoms with Crippen LogP contribution >= 0.6 is 0 Å². The lowest BCUT2D eigenvalue weighted by Crippen LogP contribution is -2.39. The number of aromatic amines is 1. The van der Waals surface area contributed by atoms with Crippen LogP contribution in [-0.4, -0.2) is 28.4 Å². The predicted molar refractivity (Wildman–Crippen MR) is 44.6 cm³/mol. The zero-order valence-electron chi connectivity index (χ0n) is 6.88. The monoisotopic (exact) mass is 167 g/mol. The fourth-order valence-corrected chi connectivity index (χ4v) is 1.62. The maximum absolute atomic E-state index is 10.1. The molecule has 1 aliphatic rings. The molecule has 1 fully saturated rings. The molecule has 0 spiro atoms. The van der Waals surface area contributed by atoms with Crippen LogP contribution in [0.2, 0.25) is 0 Å². The summed E-state index contributed by atoms with van der Waals surface area (Å²) in [5.74, 6) is 0. The lowest BCUT2D eigenvalue weighted by atomic mass is 9.89. The van der Waals surface area contributed by atoms with E-state index in [9.17, 15) is 5.11 Å². The van der Waals surface area contributed by atoms with Crippen LogP contribution in [0.4, 0.5) is 0 Å². The molecular weight excluding hydrogens is 154 g/mol. The Morgan fingerprint density at radius 2 is 2.17 bits per heavy atom. The van der Waals surface area contributed by atoms with Crippen molar-refractivity contribution in [1.29, 1.82) is 0 Å². The Kier molecular flexibility index (Phi) is 1.86. The summed E-state index contributed by atoms with van der Waals surface area (Å²) in [7, 11) is 0. The number of nitrogens with one attached hydrogen (secondary N) is 2. The quantitative estimate of drug-likeness (QED) is 0.551. The van der Waals surface area contributed by atoms with Gasteiger partial charge in [-0.25, -0.2) is 0 Å². The number of hydrogen-bond acceptors (Lipinski definition) is 3. The van der Waals surface area contributed by atoms with Gasteiger partial charge in [0.05, 0.1) is 5.69 Å². The van der Waals surface area contributed by atoms with E-state index in [4.69, 9.17) is 0 Å². The van der Waals surface area contributed by atoms with Crippen molar-refractivity contribution in [3.05, 3.63) is 18.0 Å². The largest absolute Gasteiger partial charge is 0.383 e. The van der Waals surface area contributed by atoms with Gasteiger partial charge in [-0.3, -0.25) is 5.10 Å². The highest BCUT2D eigenvalue weighted by Crippen LogP contribution is 2.28. The minimum Gasteiger partial charge on any atom is -0.383 e. The number of hydrogen-bond donors (Lipinski definition) is 3. The van der Waals surface area contributed by atoms with E-state index in [1.54, 1.807) is 6.20 Å². The van der Waals surface area contributed by atoms with Crippen molar-refractivity contribution in [2.75, 3.05) is 13.1 Å². The molecule has 1 aromatic rings. The summed E-state index contributed by atoms with van der Waals surface area (Å²) in [5.41, 5.74) is 0.158. The summed E-state index contributed by atoms with van der Waals surface area (Å²) in [4.78, 5) is 0. The van der Waals surface area contributed by atoms with Gasteiger partial charge in [0.15, 0.2) is 0 Å². The van der Waals surface area contributed by atoms with E-state index in [1.165, 1.54) is 0 Å². The van der Waals surface area contributed by atoms with E-state index in [-0.39, 0.29) is 0 Å². The van der Waals surface area contributed by atoms with Crippen LogP contribution in [0, 0.1) is 0 Å². The van der Waals surface area contributed by atoms with E-state index in [0.717, 1.165) is 31.6 Å². The summed E-state index contributed by atoms with van der Waals surface area (Å²) in [5, 5.41) is 20.0. The lowest BCUT2D eigenvalue weighted by Gasteiger charge is -2.31. The topological polar surface area (TPSA) is 60.9 Å². The molecule has 3 N–H and O–H groups in total. The predicted octanol–water partition coefficient (Wildman–Crippen LogP) is -0.0193. The minimum atomic E-state index is -0.679. The van der Waals surface area contributed by atoms with Gasteiger partial charge in [0.2, 0.25) is 0 Å². The number of aromatic nitrogens is 2. The smallest absolute Gasteiger partial charge is 0.108 e. The molecule has 0 unspecified atom stereocenters. The zero-order valence-corrected chi connectivity index (χ0v) is 6.88. The molecule has 4 heteroatoms. The fourth-order valence-electron chi connectivity index (χ4n) is 1.62. The molecule has 1 aromatic heterocycles. The van der Waals surface area contributed by atoms with E-state index in [0.29, 0.717) is 0 Å². The highest BCUT2D eigenvalue weighted by molar-refractivity contribution is 5.10. The molecule has 0 radical (unpaired) electrons. The van der Waals surface area contributed by atoms with Crippen LogP contribution < -0.4 is 5.32 Å². The summed E-state index contributed by atoms with van der Waals surface area (Å²) in [6, 6.07) is 1.84. The molecular formula is C8H13N3O. The second kappa shape index (κ2) is 2.88. The first-order valence-electron chi connectivity index (χ1n) is 4.24. The first-order chi connectivity index (χ1) is 5.81. The zero-order chi connectivity index (χ0) is 8.44. The third-order valence-electron chi connectivity index (χ3n) is 2.43. The molecule has 1 aliphatic heterocycles. The van der Waals surface area contributed by atoms with Crippen molar-refractivity contribution in [3.8, 4) is 0 Å². The Morgan fingerprint density at radius 1 is 1.42 bits per heavy atom. The lowest BCUT2D eigenvalue weighted by molar-refractivity contribution is 0.00184. The van der Waals surface area contributed by atoms with Crippen LogP contribution in [0.1, 0.15) is 18.5 Å². The number of piperidine rings is 1. The molecule has 0 aliphatic carbocycles. The Bertz CT molecular complexity index is 239. The molecule has 0 bridgehead atoms. The molecule has 0 aromatic carbocycles. The second-order valence-corrected chi connectivity index (χ2v) is 3.25. The third kappa shape index (κ3) is 1.23. The Morgan fingerprint density at radius 3 is 2.75 bits per heavy atom. The van der Waals surface area contributed by atoms with E-state index >= 15 is 0 Å². The molecule has 2 rings (SSSR count). The fraction of sp³-hybridized carbons (Fsp3) is 0.625. The Balaban J connectivity index is 2.19. The van der Waals surface area contributed by atoms with Gasteiger partial charge < -0.3 is 10.4 Å². The summed E-state index contributed by atoms with van der Waals surface area (Å²) in [6.45, 7) is 1.74. The van der Waals surface area contributed by atoms with Gasteiger partial charge in [0.1, 0.15) is 5.60 Å². The molecule has 4 nitrogen and oxygen atoms in total. The van der Waals surface area contributed by atoms with Gasteiger partial charge in [-0.15, -0.1) is 0 Å². The third-order valence-corrected chi connectivity index (χ3v) is 2.43. The first kappa shape index (κ1) is 7.76. The molecule has 66 valence electrons. The maximum atomic E-state index is 10.1. The van der Waals surface area contributed by atoms with Crippen LogP contribution in [0.15, 0.2) is 12.3 Å². The van der Waals surface area contributed by atoms with Crippen LogP contribution in [-0.2, 0) is 5.60 Å². The normalized spacial score (nSPS) is 22.4. The summed E-state index contributed by atoms with van der Waals surface area (Å²) in [6.07, 6.45) is 3.19. The highest BCUT2D eigenvalue weighted by atomic mass is 16.3. The molecule has 0 atom stereocenters. The van der Waals surface area contributed by atoms with Crippen molar-refractivity contribution in [2.45, 2.75) is 18.4 Å². The molecule has 0 saturated carbocycles. The standard InChI is InChI=1S/C8H13N3O/c12-8(2-5-9-6-3-8)7-1-4-10-11-7/h1,4,9,12H,2-3,5-6H2,(H,10,11). The van der Waals surface area contributed by atoms with Crippen LogP contribution in [0.5, 0.6) is 0 Å². The molecule has 12 heavy (non-hydrogen) atoms.